The first kappa shape index (κ1) is 20.3. The molecule has 0 atom stereocenters. The first-order valence-corrected chi connectivity index (χ1v) is 12.0. The normalized spacial score (nSPS) is 11.2. The van der Waals surface area contributed by atoms with E-state index < -0.39 is 7.26 Å². The second-order valence-corrected chi connectivity index (χ2v) is 10.9. The van der Waals surface area contributed by atoms with Crippen molar-refractivity contribution in [2.24, 2.45) is 0 Å². The average Bonchev–Trinajstić information content (AvgIpc) is 2.80. The van der Waals surface area contributed by atoms with Gasteiger partial charge in [0.25, 0.3) is 4.92 Å². The predicted octanol–water partition coefficient (Wildman–Crippen LogP) is 5.63. The van der Waals surface area contributed by atoms with E-state index in [9.17, 15) is 10.1 Å². The van der Waals surface area contributed by atoms with Gasteiger partial charge in [0, 0.05) is 22.7 Å². The molecule has 5 heteroatoms. The maximum atomic E-state index is 11.5. The molecule has 3 nitrogen and oxygen atoms in total. The number of hydrogen-bond donors (Lipinski definition) is 1. The quantitative estimate of drug-likeness (QED) is 0.316. The van der Waals surface area contributed by atoms with Gasteiger partial charge in [-0.3, -0.25) is 0 Å². The number of rotatable bonds is 6. The first-order valence-electron chi connectivity index (χ1n) is 9.61. The van der Waals surface area contributed by atoms with Crippen LogP contribution in [0.1, 0.15) is 5.56 Å². The first-order chi connectivity index (χ1) is 14.6. The molecule has 0 saturated heterocycles. The minimum atomic E-state index is -2.14. The third-order valence-electron chi connectivity index (χ3n) is 5.25. The highest BCUT2D eigenvalue weighted by molar-refractivity contribution is 7.95. The number of nitrogens with zero attached hydrogens (tertiary/aromatic N) is 1. The highest BCUT2D eigenvalue weighted by Gasteiger charge is 2.46. The van der Waals surface area contributed by atoms with Gasteiger partial charge in [-0.1, -0.05) is 66.2 Å². The molecule has 0 heterocycles. The van der Waals surface area contributed by atoms with Gasteiger partial charge in [-0.25, -0.2) is 5.21 Å². The lowest BCUT2D eigenvalue weighted by Crippen LogP contribution is -2.32. The van der Waals surface area contributed by atoms with Crippen LogP contribution in [0.15, 0.2) is 109 Å². The molecular weight excluding hydrogens is 413 g/mol. The molecule has 4 aromatic rings. The maximum absolute atomic E-state index is 11.5. The zero-order valence-corrected chi connectivity index (χ0v) is 17.9. The Balaban J connectivity index is 2.01. The molecule has 0 aliphatic carbocycles. The van der Waals surface area contributed by atoms with Crippen molar-refractivity contribution in [1.82, 2.24) is 0 Å². The Hall–Kier alpha value is -3.00. The van der Waals surface area contributed by atoms with Crippen molar-refractivity contribution in [3.8, 4) is 0 Å². The van der Waals surface area contributed by atoms with Crippen LogP contribution in [0.4, 0.5) is 5.69 Å². The predicted molar refractivity (Wildman–Crippen MR) is 125 cm³/mol. The number of halogens is 1. The molecule has 148 valence electrons. The summed E-state index contributed by atoms with van der Waals surface area (Å²) in [6, 6.07) is 36.2. The van der Waals surface area contributed by atoms with Crippen LogP contribution in [-0.4, -0.2) is 10.1 Å². The standard InChI is InChI=1S/C25H21ClNO2P/c26-25-17-16-21(27(28)29)18-20(25)19-30(22-10-4-1-5-11-22,23-12-6-2-7-13-23)24-14-8-3-9-15-24/h1-18H,19H2,(H,28,29)/q+2. The molecule has 0 aromatic heterocycles. The van der Waals surface area contributed by atoms with E-state index in [-0.39, 0.29) is 10.6 Å². The van der Waals surface area contributed by atoms with Gasteiger partial charge in [0.1, 0.15) is 29.3 Å². The SMILES string of the molecule is O=[N+](O)c1ccc(Cl)c(C[P+](c2ccccc2)(c2ccccc2)c2ccccc2)c1. The van der Waals surface area contributed by atoms with Gasteiger partial charge in [-0.2, -0.15) is 0 Å². The van der Waals surface area contributed by atoms with E-state index in [2.05, 4.69) is 72.8 Å². The molecule has 0 unspecified atom stereocenters. The van der Waals surface area contributed by atoms with Crippen LogP contribution in [0.2, 0.25) is 5.02 Å². The molecule has 0 aliphatic heterocycles. The van der Waals surface area contributed by atoms with Crippen molar-refractivity contribution in [3.63, 3.8) is 0 Å². The zero-order chi connectivity index (χ0) is 21.0. The van der Waals surface area contributed by atoms with Crippen LogP contribution in [0.25, 0.3) is 0 Å². The number of benzene rings is 4. The summed E-state index contributed by atoms with van der Waals surface area (Å²) in [4.78, 5) is 11.4. The summed E-state index contributed by atoms with van der Waals surface area (Å²) in [5, 5.41) is 13.7. The lowest BCUT2D eigenvalue weighted by molar-refractivity contribution is -0.729. The van der Waals surface area contributed by atoms with Gasteiger partial charge < -0.3 is 0 Å². The lowest BCUT2D eigenvalue weighted by atomic mass is 10.2. The van der Waals surface area contributed by atoms with Crippen LogP contribution in [0.5, 0.6) is 0 Å². The van der Waals surface area contributed by atoms with Crippen molar-refractivity contribution in [1.29, 1.82) is 0 Å². The molecule has 1 N–H and O–H groups in total. The summed E-state index contributed by atoms with van der Waals surface area (Å²) >= 11 is 6.58. The summed E-state index contributed by atoms with van der Waals surface area (Å²) in [7, 11) is -2.14. The van der Waals surface area contributed by atoms with Gasteiger partial charge in [-0.05, 0) is 42.5 Å². The minimum absolute atomic E-state index is 0.118. The molecule has 0 spiro atoms. The smallest absolute Gasteiger partial charge is 0.241 e. The largest absolute Gasteiger partial charge is 0.317 e. The van der Waals surface area contributed by atoms with E-state index >= 15 is 0 Å². The molecule has 4 aromatic carbocycles. The lowest BCUT2D eigenvalue weighted by Gasteiger charge is -2.28. The highest BCUT2D eigenvalue weighted by Crippen LogP contribution is 2.58. The third kappa shape index (κ3) is 3.87. The van der Waals surface area contributed by atoms with E-state index in [1.807, 2.05) is 18.2 Å². The summed E-state index contributed by atoms with van der Waals surface area (Å²) in [5.74, 6) is 0. The van der Waals surface area contributed by atoms with Gasteiger partial charge in [0.05, 0.1) is 4.91 Å². The molecule has 30 heavy (non-hydrogen) atoms. The molecule has 4 rings (SSSR count). The molecule has 0 bridgehead atoms. The van der Waals surface area contributed by atoms with Crippen molar-refractivity contribution >= 4 is 40.5 Å². The maximum Gasteiger partial charge on any atom is 0.317 e. The molecular formula is C25H21ClNO2P+2. The Kier molecular flexibility index (Phi) is 5.94. The van der Waals surface area contributed by atoms with E-state index in [1.54, 1.807) is 12.1 Å². The Morgan fingerprint density at radius 1 is 0.700 bits per heavy atom. The molecule has 0 fully saturated rings. The van der Waals surface area contributed by atoms with Gasteiger partial charge in [0.2, 0.25) is 0 Å². The summed E-state index contributed by atoms with van der Waals surface area (Å²) < 4.78 is 0. The zero-order valence-electron chi connectivity index (χ0n) is 16.2. The summed E-state index contributed by atoms with van der Waals surface area (Å²) in [6.07, 6.45) is 0.631. The minimum Gasteiger partial charge on any atom is -0.241 e. The molecule has 0 radical (unpaired) electrons. The van der Waals surface area contributed by atoms with Crippen LogP contribution in [0.3, 0.4) is 0 Å². The van der Waals surface area contributed by atoms with Crippen molar-refractivity contribution < 1.29 is 10.1 Å². The Morgan fingerprint density at radius 3 is 1.53 bits per heavy atom. The monoisotopic (exact) mass is 433 g/mol. The van der Waals surface area contributed by atoms with Crippen molar-refractivity contribution in [2.75, 3.05) is 0 Å². The van der Waals surface area contributed by atoms with Crippen LogP contribution in [-0.2, 0) is 6.16 Å². The summed E-state index contributed by atoms with van der Waals surface area (Å²) in [5.41, 5.74) is 0.996. The number of hydrogen-bond acceptors (Lipinski definition) is 1. The van der Waals surface area contributed by atoms with Gasteiger partial charge in [0.15, 0.2) is 0 Å². The second-order valence-electron chi connectivity index (χ2n) is 7.02. The van der Waals surface area contributed by atoms with Crippen molar-refractivity contribution in [2.45, 2.75) is 6.16 Å². The fraction of sp³-hybridized carbons (Fsp3) is 0.0400. The highest BCUT2D eigenvalue weighted by atomic mass is 35.5. The van der Waals surface area contributed by atoms with E-state index in [1.165, 1.54) is 22.0 Å². The fourth-order valence-corrected chi connectivity index (χ4v) is 8.36. The van der Waals surface area contributed by atoms with Gasteiger partial charge in [-0.15, -0.1) is 0 Å². The average molecular weight is 434 g/mol. The van der Waals surface area contributed by atoms with E-state index in [4.69, 9.17) is 11.6 Å². The second kappa shape index (κ2) is 8.79. The third-order valence-corrected chi connectivity index (χ3v) is 9.97. The Morgan fingerprint density at radius 2 is 1.13 bits per heavy atom. The fourth-order valence-electron chi connectivity index (χ4n) is 3.83. The Bertz CT molecular complexity index is 1050. The topological polar surface area (TPSA) is 40.3 Å². The van der Waals surface area contributed by atoms with Crippen LogP contribution < -0.4 is 15.9 Å². The van der Waals surface area contributed by atoms with Crippen molar-refractivity contribution in [3.05, 3.63) is 125 Å². The van der Waals surface area contributed by atoms with E-state index in [0.29, 0.717) is 11.2 Å². The van der Waals surface area contributed by atoms with Crippen LogP contribution in [0, 0.1) is 4.91 Å². The molecule has 0 amide bonds. The Labute approximate surface area is 181 Å². The summed E-state index contributed by atoms with van der Waals surface area (Å²) in [6.45, 7) is 0. The molecule has 0 aliphatic rings. The van der Waals surface area contributed by atoms with E-state index in [0.717, 1.165) is 5.56 Å². The van der Waals surface area contributed by atoms with Gasteiger partial charge >= 0.3 is 5.69 Å². The molecule has 0 saturated carbocycles. The van der Waals surface area contributed by atoms with Crippen LogP contribution >= 0.6 is 18.9 Å².